The smallest absolute Gasteiger partial charge is 0.139 e. The minimum Gasteiger partial charge on any atom is -0.371 e. The molecule has 2 heterocycles. The highest BCUT2D eigenvalue weighted by Crippen LogP contribution is 2.38. The lowest BCUT2D eigenvalue weighted by Gasteiger charge is -2.43. The zero-order chi connectivity index (χ0) is 17.8. The lowest BCUT2D eigenvalue weighted by Crippen LogP contribution is -2.46. The largest absolute Gasteiger partial charge is 0.371 e. The van der Waals surface area contributed by atoms with Gasteiger partial charge in [0.1, 0.15) is 5.78 Å². The number of thioether (sulfide) groups is 1. The van der Waals surface area contributed by atoms with Crippen LogP contribution in [0.4, 0.5) is 4.39 Å². The van der Waals surface area contributed by atoms with Crippen LogP contribution in [0.15, 0.2) is 12.1 Å². The molecule has 2 atom stereocenters. The maximum atomic E-state index is 12.6. The van der Waals surface area contributed by atoms with Crippen LogP contribution >= 0.6 is 11.8 Å². The number of hydrogen-bond acceptors (Lipinski definition) is 4. The van der Waals surface area contributed by atoms with E-state index in [0.717, 1.165) is 25.9 Å². The number of halogens is 1. The minimum atomic E-state index is -0.314. The highest BCUT2D eigenvalue weighted by atomic mass is 32.2. The standard InChI is InChI=1S/C20H28FNO2S/c1-14-9-16-3-6-22-12-17(4-7-24-13-25-8-5-21)20(23)11-19(22)18(16)10-15(14)2/h9-10,17,19H,3-8,11-13H2,1-2H3/t17-,19-/m0/s1/i21-1. The fourth-order valence-corrected chi connectivity index (χ4v) is 4.41. The van der Waals surface area contributed by atoms with Gasteiger partial charge in [-0.1, -0.05) is 12.1 Å². The van der Waals surface area contributed by atoms with Crippen LogP contribution in [0.2, 0.25) is 0 Å². The Labute approximate surface area is 154 Å². The van der Waals surface area contributed by atoms with Crippen molar-refractivity contribution in [3.63, 3.8) is 0 Å². The Morgan fingerprint density at radius 3 is 2.92 bits per heavy atom. The highest BCUT2D eigenvalue weighted by Gasteiger charge is 2.37. The first-order valence-corrected chi connectivity index (χ1v) is 10.3. The number of ether oxygens (including phenoxy) is 1. The Bertz CT molecular complexity index is 622. The molecular formula is C20H28FNO2S. The van der Waals surface area contributed by atoms with Crippen molar-refractivity contribution >= 4 is 17.5 Å². The van der Waals surface area contributed by atoms with Gasteiger partial charge in [-0.25, -0.2) is 0 Å². The van der Waals surface area contributed by atoms with E-state index in [-0.39, 0.29) is 18.6 Å². The molecule has 0 amide bonds. The summed E-state index contributed by atoms with van der Waals surface area (Å²) in [5.41, 5.74) is 5.44. The minimum absolute atomic E-state index is 0.0792. The zero-order valence-electron chi connectivity index (χ0n) is 15.2. The van der Waals surface area contributed by atoms with E-state index in [1.54, 1.807) is 0 Å². The van der Waals surface area contributed by atoms with Crippen LogP contribution in [-0.4, -0.2) is 48.7 Å². The molecule has 1 fully saturated rings. The average molecular weight is 365 g/mol. The molecule has 5 heteroatoms. The van der Waals surface area contributed by atoms with Gasteiger partial charge in [0.15, 0.2) is 0 Å². The van der Waals surface area contributed by atoms with Crippen LogP contribution in [0, 0.1) is 19.8 Å². The summed E-state index contributed by atoms with van der Waals surface area (Å²) in [5, 5.41) is 0. The molecule has 0 N–H and O–H groups in total. The molecule has 0 bridgehead atoms. The van der Waals surface area contributed by atoms with E-state index in [1.165, 1.54) is 34.0 Å². The number of aryl methyl sites for hydroxylation is 2. The molecule has 2 aliphatic heterocycles. The third-order valence-corrected chi connectivity index (χ3v) is 6.30. The summed E-state index contributed by atoms with van der Waals surface area (Å²) < 4.78 is 17.6. The number of rotatable bonds is 7. The number of nitrogens with zero attached hydrogens (tertiary/aromatic N) is 1. The van der Waals surface area contributed by atoms with Crippen LogP contribution in [0.1, 0.15) is 41.1 Å². The van der Waals surface area contributed by atoms with Gasteiger partial charge in [0.05, 0.1) is 12.6 Å². The monoisotopic (exact) mass is 364 g/mol. The number of ketones is 1. The van der Waals surface area contributed by atoms with Gasteiger partial charge in [-0.05, 0) is 48.9 Å². The van der Waals surface area contributed by atoms with Crippen molar-refractivity contribution in [3.8, 4) is 0 Å². The molecule has 1 saturated heterocycles. The van der Waals surface area contributed by atoms with Crippen LogP contribution < -0.4 is 0 Å². The molecule has 0 unspecified atom stereocenters. The lowest BCUT2D eigenvalue weighted by molar-refractivity contribution is -0.129. The predicted molar refractivity (Wildman–Crippen MR) is 101 cm³/mol. The first-order valence-electron chi connectivity index (χ1n) is 9.18. The number of fused-ring (bicyclic) bond motifs is 3. The number of piperidine rings is 1. The maximum absolute atomic E-state index is 12.6. The van der Waals surface area contributed by atoms with Gasteiger partial charge >= 0.3 is 0 Å². The van der Waals surface area contributed by atoms with Crippen molar-refractivity contribution in [2.45, 2.75) is 39.2 Å². The molecule has 0 radical (unpaired) electrons. The van der Waals surface area contributed by atoms with Gasteiger partial charge in [0.25, 0.3) is 0 Å². The van der Waals surface area contributed by atoms with Gasteiger partial charge in [-0.15, -0.1) is 11.8 Å². The molecule has 0 saturated carbocycles. The Kier molecular flexibility index (Phi) is 6.53. The average Bonchev–Trinajstić information content (AvgIpc) is 2.60. The van der Waals surface area contributed by atoms with E-state index >= 15 is 0 Å². The number of carbonyl (C=O) groups excluding carboxylic acids is 1. The van der Waals surface area contributed by atoms with E-state index < -0.39 is 0 Å². The molecule has 25 heavy (non-hydrogen) atoms. The Morgan fingerprint density at radius 2 is 2.12 bits per heavy atom. The normalized spacial score (nSPS) is 23.4. The van der Waals surface area contributed by atoms with E-state index in [9.17, 15) is 9.18 Å². The Morgan fingerprint density at radius 1 is 1.32 bits per heavy atom. The molecule has 0 spiro atoms. The second-order valence-electron chi connectivity index (χ2n) is 7.18. The number of benzene rings is 1. The summed E-state index contributed by atoms with van der Waals surface area (Å²) in [6.45, 7) is 6.47. The number of Topliss-reactive ketones (excluding diaryl/α,β-unsaturated/α-hetero) is 1. The first-order chi connectivity index (χ1) is 12.1. The number of alkyl halides is 1. The fourth-order valence-electron chi connectivity index (χ4n) is 3.95. The van der Waals surface area contributed by atoms with E-state index in [4.69, 9.17) is 4.74 Å². The molecule has 2 aliphatic rings. The van der Waals surface area contributed by atoms with Crippen LogP contribution in [-0.2, 0) is 16.0 Å². The summed E-state index contributed by atoms with van der Waals surface area (Å²) in [4.78, 5) is 15.1. The molecule has 3 nitrogen and oxygen atoms in total. The molecule has 138 valence electrons. The van der Waals surface area contributed by atoms with Crippen molar-refractivity contribution in [2.75, 3.05) is 38.1 Å². The van der Waals surface area contributed by atoms with E-state index in [2.05, 4.69) is 30.9 Å². The molecule has 3 rings (SSSR count). The van der Waals surface area contributed by atoms with Crippen LogP contribution in [0.3, 0.4) is 0 Å². The van der Waals surface area contributed by atoms with Crippen molar-refractivity contribution in [1.29, 1.82) is 0 Å². The van der Waals surface area contributed by atoms with Crippen LogP contribution in [0.5, 0.6) is 0 Å². The van der Waals surface area contributed by atoms with Crippen molar-refractivity contribution < 1.29 is 13.9 Å². The van der Waals surface area contributed by atoms with Gasteiger partial charge in [0, 0.05) is 43.8 Å². The van der Waals surface area contributed by atoms with Gasteiger partial charge in [0.2, 0.25) is 0 Å². The van der Waals surface area contributed by atoms with Gasteiger partial charge in [-0.2, -0.15) is 0 Å². The van der Waals surface area contributed by atoms with E-state index in [1.807, 2.05) is 0 Å². The summed E-state index contributed by atoms with van der Waals surface area (Å²) >= 11 is 1.46. The Balaban J connectivity index is 1.57. The molecular weight excluding hydrogens is 336 g/mol. The third-order valence-electron chi connectivity index (χ3n) is 5.53. The van der Waals surface area contributed by atoms with Gasteiger partial charge < -0.3 is 4.74 Å². The first kappa shape index (κ1) is 18.9. The second-order valence-corrected chi connectivity index (χ2v) is 8.23. The summed E-state index contributed by atoms with van der Waals surface area (Å²) in [5.74, 6) is 1.45. The molecule has 1 aromatic rings. The molecule has 1 aromatic carbocycles. The third kappa shape index (κ3) is 4.44. The van der Waals surface area contributed by atoms with Crippen LogP contribution in [0.25, 0.3) is 0 Å². The zero-order valence-corrected chi connectivity index (χ0v) is 16.0. The SMILES string of the molecule is Cc1cc2c(cc1C)[C@@H]1CC(=O)[C@@H](CCOCSCC[18F])CN1CC2. The quantitative estimate of drug-likeness (QED) is 0.543. The van der Waals surface area contributed by atoms with Crippen molar-refractivity contribution in [2.24, 2.45) is 5.92 Å². The summed E-state index contributed by atoms with van der Waals surface area (Å²) in [6, 6.07) is 4.86. The predicted octanol–water partition coefficient (Wildman–Crippen LogP) is 3.86. The summed E-state index contributed by atoms with van der Waals surface area (Å²) in [6.07, 6.45) is 2.47. The number of carbonyl (C=O) groups is 1. The number of hydrogen-bond donors (Lipinski definition) is 0. The van der Waals surface area contributed by atoms with Crippen molar-refractivity contribution in [1.82, 2.24) is 4.90 Å². The lowest BCUT2D eigenvalue weighted by atomic mass is 9.80. The molecule has 0 aromatic heterocycles. The fraction of sp³-hybridized carbons (Fsp3) is 0.650. The van der Waals surface area contributed by atoms with Gasteiger partial charge in [-0.3, -0.25) is 14.1 Å². The topological polar surface area (TPSA) is 29.5 Å². The Hall–Kier alpha value is -0.910. The summed E-state index contributed by atoms with van der Waals surface area (Å²) in [7, 11) is 0. The van der Waals surface area contributed by atoms with E-state index in [0.29, 0.717) is 30.5 Å². The molecule has 0 aliphatic carbocycles. The van der Waals surface area contributed by atoms with Crippen molar-refractivity contribution in [3.05, 3.63) is 34.4 Å². The highest BCUT2D eigenvalue weighted by molar-refractivity contribution is 7.99. The second kappa shape index (κ2) is 8.65. The maximum Gasteiger partial charge on any atom is 0.139 e.